The number of para-hydroxylation sites is 1. The van der Waals surface area contributed by atoms with Gasteiger partial charge in [0.2, 0.25) is 6.29 Å². The van der Waals surface area contributed by atoms with Crippen LogP contribution in [0.1, 0.15) is 217 Å². The highest BCUT2D eigenvalue weighted by Crippen LogP contribution is 2.62. The second kappa shape index (κ2) is 40.2. The predicted molar refractivity (Wildman–Crippen MR) is 415 cm³/mol. The number of hydrogen-bond donors (Lipinski definition) is 2. The van der Waals surface area contributed by atoms with Crippen molar-refractivity contribution in [3.05, 3.63) is 264 Å². The molecule has 13 rings (SSSR count). The molecule has 9 aromatic carbocycles. The number of hydrogen-bond acceptors (Lipinski definition) is 8. The second-order valence-electron chi connectivity index (χ2n) is 28.2. The van der Waals surface area contributed by atoms with Crippen molar-refractivity contribution in [1.29, 1.82) is 0 Å². The molecule has 4 aliphatic carbocycles. The average molecular weight is 1350 g/mol. The van der Waals surface area contributed by atoms with Gasteiger partial charge < -0.3 is 38.6 Å². The molecule has 532 valence electrons. The van der Waals surface area contributed by atoms with Crippen LogP contribution >= 0.6 is 0 Å². The van der Waals surface area contributed by atoms with Crippen LogP contribution in [0.5, 0.6) is 34.5 Å². The van der Waals surface area contributed by atoms with E-state index in [0.29, 0.717) is 60.9 Å². The Morgan fingerprint density at radius 3 is 1.08 bits per heavy atom. The highest BCUT2D eigenvalue weighted by atomic mass is 16.7. The molecule has 4 bridgehead atoms. The number of phenols is 2. The number of ether oxygens (including phenoxy) is 6. The third kappa shape index (κ3) is 23.4. The molecule has 0 radical (unpaired) electrons. The highest BCUT2D eigenvalue weighted by Gasteiger charge is 2.56. The first kappa shape index (κ1) is 77.4. The van der Waals surface area contributed by atoms with Gasteiger partial charge in [-0.05, 0) is 237 Å². The molecule has 100 heavy (non-hydrogen) atoms. The molecule has 8 nitrogen and oxygen atoms in total. The van der Waals surface area contributed by atoms with Gasteiger partial charge in [-0.25, -0.2) is 0 Å². The quantitative estimate of drug-likeness (QED) is 0.0388. The van der Waals surface area contributed by atoms with Crippen molar-refractivity contribution in [2.24, 2.45) is 23.2 Å². The third-order valence-corrected chi connectivity index (χ3v) is 20.9. The van der Waals surface area contributed by atoms with Crippen molar-refractivity contribution >= 4 is 0 Å². The summed E-state index contributed by atoms with van der Waals surface area (Å²) in [6.45, 7) is 28.3. The van der Waals surface area contributed by atoms with Crippen LogP contribution in [0.25, 0.3) is 22.3 Å². The van der Waals surface area contributed by atoms with Crippen LogP contribution in [0.3, 0.4) is 0 Å². The smallest absolute Gasteiger partial charge is 0.205 e. The van der Waals surface area contributed by atoms with E-state index in [1.165, 1.54) is 84.7 Å². The van der Waals surface area contributed by atoms with Crippen LogP contribution in [0.4, 0.5) is 0 Å². The lowest BCUT2D eigenvalue weighted by Crippen LogP contribution is -2.54. The molecule has 7 unspecified atom stereocenters. The fraction of sp³-hybridized carbons (Fsp3) is 0.413. The predicted octanol–water partition coefficient (Wildman–Crippen LogP) is 25.1. The van der Waals surface area contributed by atoms with Crippen molar-refractivity contribution < 1.29 is 38.6 Å². The van der Waals surface area contributed by atoms with Crippen LogP contribution < -0.4 is 18.9 Å². The topological polar surface area (TPSA) is 95.8 Å². The summed E-state index contributed by atoms with van der Waals surface area (Å²) >= 11 is 0. The first-order valence-electron chi connectivity index (χ1n) is 37.5. The molecular weight excluding hydrogens is 1230 g/mol. The molecule has 2 N–H and O–H groups in total. The van der Waals surface area contributed by atoms with Crippen molar-refractivity contribution in [1.82, 2.24) is 0 Å². The number of benzene rings is 9. The summed E-state index contributed by atoms with van der Waals surface area (Å²) in [6.07, 6.45) is 13.6. The zero-order valence-electron chi connectivity index (χ0n) is 62.2. The van der Waals surface area contributed by atoms with Gasteiger partial charge in [0.05, 0.1) is 6.61 Å². The summed E-state index contributed by atoms with van der Waals surface area (Å²) in [5, 5.41) is 18.0. The molecule has 7 atom stereocenters. The van der Waals surface area contributed by atoms with Gasteiger partial charge in [0.15, 0.2) is 6.29 Å². The van der Waals surface area contributed by atoms with E-state index in [4.69, 9.17) is 38.6 Å². The second-order valence-corrected chi connectivity index (χ2v) is 28.2. The Hall–Kier alpha value is -8.30. The summed E-state index contributed by atoms with van der Waals surface area (Å²) in [6, 6.07) is 77.5. The fourth-order valence-corrected chi connectivity index (χ4v) is 14.2. The van der Waals surface area contributed by atoms with Crippen LogP contribution in [-0.2, 0) is 16.1 Å². The molecule has 0 heterocycles. The minimum atomic E-state index is -0.369. The van der Waals surface area contributed by atoms with Gasteiger partial charge in [0, 0.05) is 23.1 Å². The lowest BCUT2D eigenvalue weighted by molar-refractivity contribution is -0.213. The lowest BCUT2D eigenvalue weighted by atomic mass is 9.49. The maximum Gasteiger partial charge on any atom is 0.205 e. The van der Waals surface area contributed by atoms with Crippen molar-refractivity contribution in [3.63, 3.8) is 0 Å². The van der Waals surface area contributed by atoms with Gasteiger partial charge in [0.25, 0.3) is 0 Å². The molecule has 4 saturated carbocycles. The van der Waals surface area contributed by atoms with Gasteiger partial charge in [-0.15, -0.1) is 0 Å². The van der Waals surface area contributed by atoms with Gasteiger partial charge in [-0.3, -0.25) is 0 Å². The molecule has 0 aromatic heterocycles. The fourth-order valence-electron chi connectivity index (χ4n) is 14.2. The third-order valence-electron chi connectivity index (χ3n) is 20.9. The normalized spacial score (nSPS) is 18.3. The van der Waals surface area contributed by atoms with E-state index in [-0.39, 0.29) is 18.0 Å². The first-order valence-corrected chi connectivity index (χ1v) is 37.5. The Labute approximate surface area is 601 Å². The number of aromatic hydroxyl groups is 2. The Morgan fingerprint density at radius 2 is 0.710 bits per heavy atom. The molecule has 8 heteroatoms. The summed E-state index contributed by atoms with van der Waals surface area (Å²) in [4.78, 5) is 0. The SMILES string of the molecule is CCC(C)c1ccc(O)cc1.CCC(C)c1ccc(O)cc1.CCC(C)c1ccc(OC(C)OCCOc2c(-c3ccccc3)cccc2-c2ccccc2)cc1.CCC(C)c1ccc(OCc2ccccc2)cc1.CCOC(Oc1ccc(C(C)CC)cc1)C12CC3CC(CC(C3)C1)C2. The monoisotopic (exact) mass is 1350 g/mol. The van der Waals surface area contributed by atoms with E-state index >= 15 is 0 Å². The van der Waals surface area contributed by atoms with E-state index in [1.807, 2.05) is 97.9 Å². The van der Waals surface area contributed by atoms with Crippen molar-refractivity contribution in [2.45, 2.75) is 202 Å². The molecule has 0 saturated heterocycles. The number of rotatable bonds is 27. The molecule has 4 fully saturated rings. The summed E-state index contributed by atoms with van der Waals surface area (Å²) in [5.74, 6) is 10.0. The zero-order chi connectivity index (χ0) is 71.2. The number of phenolic OH excluding ortho intramolecular Hbond substituents is 2. The van der Waals surface area contributed by atoms with Gasteiger partial charge in [-0.2, -0.15) is 0 Å². The largest absolute Gasteiger partial charge is 0.508 e. The van der Waals surface area contributed by atoms with E-state index < -0.39 is 0 Å². The van der Waals surface area contributed by atoms with Crippen LogP contribution in [-0.4, -0.2) is 42.6 Å². The molecule has 9 aromatic rings. The van der Waals surface area contributed by atoms with Crippen LogP contribution in [0.2, 0.25) is 0 Å². The van der Waals surface area contributed by atoms with Crippen LogP contribution in [0.15, 0.2) is 231 Å². The lowest BCUT2D eigenvalue weighted by Gasteiger charge is -2.58. The molecule has 0 amide bonds. The van der Waals surface area contributed by atoms with Crippen molar-refractivity contribution in [2.75, 3.05) is 19.8 Å². The Bertz CT molecular complexity index is 3540. The van der Waals surface area contributed by atoms with Gasteiger partial charge in [0.1, 0.15) is 47.7 Å². The summed E-state index contributed by atoms with van der Waals surface area (Å²) in [7, 11) is 0. The van der Waals surface area contributed by atoms with E-state index in [9.17, 15) is 0 Å². The van der Waals surface area contributed by atoms with E-state index in [2.05, 4.69) is 191 Å². The Kier molecular flexibility index (Phi) is 31.1. The summed E-state index contributed by atoms with van der Waals surface area (Å²) in [5.41, 5.74) is 12.5. The zero-order valence-corrected chi connectivity index (χ0v) is 62.2. The van der Waals surface area contributed by atoms with Crippen LogP contribution in [0, 0.1) is 23.2 Å². The first-order chi connectivity index (χ1) is 48.5. The highest BCUT2D eigenvalue weighted by molar-refractivity contribution is 5.82. The maximum atomic E-state index is 9.01. The van der Waals surface area contributed by atoms with E-state index in [0.717, 1.165) is 88.9 Å². The average Bonchev–Trinajstić information content (AvgIpc) is 0.733. The Balaban J connectivity index is 0.000000171. The van der Waals surface area contributed by atoms with Gasteiger partial charge >= 0.3 is 0 Å². The van der Waals surface area contributed by atoms with E-state index in [1.54, 1.807) is 24.3 Å². The van der Waals surface area contributed by atoms with Gasteiger partial charge in [-0.1, -0.05) is 239 Å². The molecule has 0 aliphatic heterocycles. The molecule has 0 spiro atoms. The summed E-state index contributed by atoms with van der Waals surface area (Å²) < 4.78 is 36.7. The minimum Gasteiger partial charge on any atom is -0.508 e. The van der Waals surface area contributed by atoms with Crippen molar-refractivity contribution in [3.8, 4) is 56.8 Å². The molecular formula is C92H116O8. The molecule has 4 aliphatic rings. The minimum absolute atomic E-state index is 0.0691. The standard InChI is InChI=1S/C32H34O3.C23H34O2.C17H20O.2C10H14O/c1-4-24(2)26-18-20-29(21-19-26)35-25(3)33-22-23-34-32-30(27-12-7-5-8-13-27)16-11-17-31(32)28-14-9-6-10-15-28;1-4-16(3)20-6-8-21(9-7-20)25-22(24-5-2)23-13-17-10-18(14-23)12-19(11-17)15-23;1-3-14(2)16-9-11-17(12-10-16)18-13-15-7-5-4-6-8-15;2*1-3-8(2)9-4-6-10(11)7-5-9/h5-21,24-25H,4,22-23H2,1-3H3;6-9,16-19,22H,4-5,10-15H2,1-3H3;4-12,14H,3,13H2,1-2H3;2*4-8,11H,3H2,1-2H3. The maximum absolute atomic E-state index is 9.01. The Morgan fingerprint density at radius 1 is 0.360 bits per heavy atom.